The van der Waals surface area contributed by atoms with Crippen LogP contribution in [0.3, 0.4) is 0 Å². The van der Waals surface area contributed by atoms with Gasteiger partial charge in [0.15, 0.2) is 6.29 Å². The predicted molar refractivity (Wildman–Crippen MR) is 48.1 cm³/mol. The summed E-state index contributed by atoms with van der Waals surface area (Å²) >= 11 is 0. The average molecular weight is 204 g/mol. The maximum Gasteiger partial charge on any atom is 0.217 e. The highest BCUT2D eigenvalue weighted by Crippen LogP contribution is 2.17. The number of aliphatic hydroxyl groups excluding tert-OH is 2. The molecule has 0 aromatic carbocycles. The quantitative estimate of drug-likeness (QED) is 0.392. The lowest BCUT2D eigenvalue weighted by molar-refractivity contribution is -0.210. The van der Waals surface area contributed by atoms with E-state index in [1.165, 1.54) is 6.92 Å². The Kier molecular flexibility index (Phi) is 3.43. The van der Waals surface area contributed by atoms with Crippen molar-refractivity contribution in [2.75, 3.05) is 0 Å². The Hall–Kier alpha value is -0.690. The highest BCUT2D eigenvalue weighted by atomic mass is 16.6. The van der Waals surface area contributed by atoms with Crippen molar-refractivity contribution in [1.82, 2.24) is 5.32 Å². The van der Waals surface area contributed by atoms with Gasteiger partial charge in [0.1, 0.15) is 6.04 Å². The summed E-state index contributed by atoms with van der Waals surface area (Å²) in [6, 6.07) is -1.48. The predicted octanol–water partition coefficient (Wildman–Crippen LogP) is -2.08. The molecule has 14 heavy (non-hydrogen) atoms. The fourth-order valence-electron chi connectivity index (χ4n) is 1.47. The van der Waals surface area contributed by atoms with Crippen molar-refractivity contribution in [3.63, 3.8) is 0 Å². The van der Waals surface area contributed by atoms with Crippen molar-refractivity contribution in [3.05, 3.63) is 0 Å². The molecule has 5 unspecified atom stereocenters. The zero-order valence-corrected chi connectivity index (χ0v) is 8.18. The second-order valence-electron chi connectivity index (χ2n) is 3.53. The SMILES string of the molecule is CC(=O)NC1C(O)OC(C)C(N)C1O. The molecule has 1 rings (SSSR count). The summed E-state index contributed by atoms with van der Waals surface area (Å²) < 4.78 is 5.04. The molecule has 0 spiro atoms. The molecule has 1 aliphatic rings. The van der Waals surface area contributed by atoms with Crippen LogP contribution in [0.2, 0.25) is 0 Å². The summed E-state index contributed by atoms with van der Waals surface area (Å²) in [5.74, 6) is -0.349. The van der Waals surface area contributed by atoms with Gasteiger partial charge in [-0.2, -0.15) is 0 Å². The minimum atomic E-state index is -1.22. The summed E-state index contributed by atoms with van der Waals surface area (Å²) in [6.07, 6.45) is -2.66. The van der Waals surface area contributed by atoms with E-state index in [1.54, 1.807) is 6.92 Å². The van der Waals surface area contributed by atoms with E-state index in [1.807, 2.05) is 0 Å². The fourth-order valence-corrected chi connectivity index (χ4v) is 1.47. The molecule has 6 heteroatoms. The molecule has 1 heterocycles. The summed E-state index contributed by atoms with van der Waals surface area (Å²) in [5, 5.41) is 21.5. The molecule has 0 aliphatic carbocycles. The molecule has 0 aromatic rings. The maximum atomic E-state index is 10.8. The molecular weight excluding hydrogens is 188 g/mol. The molecule has 5 N–H and O–H groups in total. The van der Waals surface area contributed by atoms with Crippen LogP contribution in [0.25, 0.3) is 0 Å². The number of aliphatic hydroxyl groups is 2. The first-order valence-corrected chi connectivity index (χ1v) is 4.47. The lowest BCUT2D eigenvalue weighted by atomic mass is 9.96. The van der Waals surface area contributed by atoms with Crippen molar-refractivity contribution in [2.45, 2.75) is 44.4 Å². The molecule has 1 amide bonds. The molecule has 82 valence electrons. The van der Waals surface area contributed by atoms with Crippen LogP contribution < -0.4 is 11.1 Å². The normalized spacial score (nSPS) is 43.4. The first-order valence-electron chi connectivity index (χ1n) is 4.47. The van der Waals surface area contributed by atoms with Crippen molar-refractivity contribution in [1.29, 1.82) is 0 Å². The van der Waals surface area contributed by atoms with Gasteiger partial charge >= 0.3 is 0 Å². The summed E-state index contributed by atoms with van der Waals surface area (Å²) in [4.78, 5) is 10.8. The second-order valence-corrected chi connectivity index (χ2v) is 3.53. The van der Waals surface area contributed by atoms with Gasteiger partial charge < -0.3 is 26.0 Å². The standard InChI is InChI=1S/C8H16N2O4/c1-3-5(9)7(12)6(8(13)14-3)10-4(2)11/h3,5-8,12-13H,9H2,1-2H3,(H,10,11). The third-order valence-corrected chi connectivity index (χ3v) is 2.34. The topological polar surface area (TPSA) is 105 Å². The Morgan fingerprint density at radius 1 is 1.50 bits per heavy atom. The Balaban J connectivity index is 2.68. The summed E-state index contributed by atoms with van der Waals surface area (Å²) in [6.45, 7) is 2.95. The number of rotatable bonds is 1. The lowest BCUT2D eigenvalue weighted by Crippen LogP contribution is -2.65. The van der Waals surface area contributed by atoms with Crippen molar-refractivity contribution in [3.8, 4) is 0 Å². The molecule has 6 nitrogen and oxygen atoms in total. The molecule has 1 saturated heterocycles. The van der Waals surface area contributed by atoms with E-state index in [9.17, 15) is 15.0 Å². The second kappa shape index (κ2) is 4.22. The van der Waals surface area contributed by atoms with E-state index in [2.05, 4.69) is 5.32 Å². The Bertz CT molecular complexity index is 223. The Morgan fingerprint density at radius 3 is 2.57 bits per heavy atom. The van der Waals surface area contributed by atoms with Gasteiger partial charge in [0, 0.05) is 6.92 Å². The lowest BCUT2D eigenvalue weighted by Gasteiger charge is -2.40. The number of amides is 1. The van der Waals surface area contributed by atoms with Crippen LogP contribution >= 0.6 is 0 Å². The molecule has 0 radical (unpaired) electrons. The first kappa shape index (κ1) is 11.4. The van der Waals surface area contributed by atoms with Gasteiger partial charge in [0.25, 0.3) is 0 Å². The highest BCUT2D eigenvalue weighted by molar-refractivity contribution is 5.73. The van der Waals surface area contributed by atoms with Gasteiger partial charge in [-0.15, -0.1) is 0 Å². The Morgan fingerprint density at radius 2 is 2.07 bits per heavy atom. The average Bonchev–Trinajstić information content (AvgIpc) is 2.09. The summed E-state index contributed by atoms with van der Waals surface area (Å²) in [5.41, 5.74) is 5.61. The minimum absolute atomic E-state index is 0.349. The van der Waals surface area contributed by atoms with Gasteiger partial charge in [-0.3, -0.25) is 4.79 Å². The number of carbonyl (C=O) groups is 1. The zero-order valence-electron chi connectivity index (χ0n) is 8.18. The van der Waals surface area contributed by atoms with Gasteiger partial charge in [-0.05, 0) is 6.92 Å². The van der Waals surface area contributed by atoms with Gasteiger partial charge in [-0.25, -0.2) is 0 Å². The minimum Gasteiger partial charge on any atom is -0.389 e. The largest absolute Gasteiger partial charge is 0.389 e. The van der Waals surface area contributed by atoms with Crippen LogP contribution in [0.1, 0.15) is 13.8 Å². The van der Waals surface area contributed by atoms with Crippen LogP contribution in [-0.2, 0) is 9.53 Å². The van der Waals surface area contributed by atoms with E-state index < -0.39 is 30.6 Å². The van der Waals surface area contributed by atoms with E-state index in [4.69, 9.17) is 10.5 Å². The van der Waals surface area contributed by atoms with Crippen molar-refractivity contribution >= 4 is 5.91 Å². The summed E-state index contributed by atoms with van der Waals surface area (Å²) in [7, 11) is 0. The fraction of sp³-hybridized carbons (Fsp3) is 0.875. The number of carbonyl (C=O) groups excluding carboxylic acids is 1. The van der Waals surface area contributed by atoms with Crippen molar-refractivity contribution < 1.29 is 19.7 Å². The third-order valence-electron chi connectivity index (χ3n) is 2.34. The van der Waals surface area contributed by atoms with E-state index in [0.717, 1.165) is 0 Å². The van der Waals surface area contributed by atoms with E-state index in [-0.39, 0.29) is 5.91 Å². The van der Waals surface area contributed by atoms with Crippen LogP contribution in [0.15, 0.2) is 0 Å². The first-order chi connectivity index (χ1) is 6.43. The molecular formula is C8H16N2O4. The monoisotopic (exact) mass is 204 g/mol. The number of hydrogen-bond donors (Lipinski definition) is 4. The molecule has 0 bridgehead atoms. The number of nitrogens with one attached hydrogen (secondary N) is 1. The van der Waals surface area contributed by atoms with E-state index in [0.29, 0.717) is 0 Å². The molecule has 0 saturated carbocycles. The van der Waals surface area contributed by atoms with Crippen LogP contribution in [0, 0.1) is 0 Å². The van der Waals surface area contributed by atoms with E-state index >= 15 is 0 Å². The highest BCUT2D eigenvalue weighted by Gasteiger charge is 2.41. The van der Waals surface area contributed by atoms with Gasteiger partial charge in [0.05, 0.1) is 18.2 Å². The maximum absolute atomic E-state index is 10.8. The van der Waals surface area contributed by atoms with Crippen molar-refractivity contribution in [2.24, 2.45) is 5.73 Å². The number of nitrogens with two attached hydrogens (primary N) is 1. The number of hydrogen-bond acceptors (Lipinski definition) is 5. The zero-order chi connectivity index (χ0) is 10.9. The molecule has 5 atom stereocenters. The van der Waals surface area contributed by atoms with Gasteiger partial charge in [-0.1, -0.05) is 0 Å². The van der Waals surface area contributed by atoms with Crippen LogP contribution in [-0.4, -0.2) is 46.7 Å². The van der Waals surface area contributed by atoms with Gasteiger partial charge in [0.2, 0.25) is 5.91 Å². The molecule has 0 aromatic heterocycles. The van der Waals surface area contributed by atoms with Crippen LogP contribution in [0.4, 0.5) is 0 Å². The third kappa shape index (κ3) is 2.21. The molecule has 1 fully saturated rings. The smallest absolute Gasteiger partial charge is 0.217 e. The Labute approximate surface area is 82.0 Å². The molecule has 1 aliphatic heterocycles. The number of ether oxygens (including phenoxy) is 1. The van der Waals surface area contributed by atoms with Crippen LogP contribution in [0.5, 0.6) is 0 Å².